The highest BCUT2D eigenvalue weighted by atomic mass is 35.5. The maximum atomic E-state index is 6.01. The first-order valence-electron chi connectivity index (χ1n) is 7.71. The van der Waals surface area contributed by atoms with E-state index in [0.717, 1.165) is 16.8 Å². The van der Waals surface area contributed by atoms with Crippen LogP contribution in [-0.2, 0) is 0 Å². The predicted molar refractivity (Wildman–Crippen MR) is 94.9 cm³/mol. The van der Waals surface area contributed by atoms with Crippen LogP contribution in [0.3, 0.4) is 0 Å². The zero-order valence-electron chi connectivity index (χ0n) is 13.4. The number of aryl methyl sites for hydroxylation is 2. The van der Waals surface area contributed by atoms with Gasteiger partial charge in [0.2, 0.25) is 5.95 Å². The molecule has 1 aliphatic heterocycles. The Bertz CT molecular complexity index is 927. The van der Waals surface area contributed by atoms with Crippen LogP contribution in [-0.4, -0.2) is 20.2 Å². The van der Waals surface area contributed by atoms with Crippen LogP contribution >= 0.6 is 11.6 Å². The zero-order chi connectivity index (χ0) is 16.7. The van der Waals surface area contributed by atoms with Gasteiger partial charge in [0.05, 0.1) is 0 Å². The Hall–Kier alpha value is -2.66. The first-order chi connectivity index (χ1) is 11.6. The fourth-order valence-electron chi connectivity index (χ4n) is 2.83. The van der Waals surface area contributed by atoms with E-state index in [9.17, 15) is 0 Å². The van der Waals surface area contributed by atoms with E-state index in [1.165, 1.54) is 11.1 Å². The molecule has 0 radical (unpaired) electrons. The van der Waals surface area contributed by atoms with Crippen molar-refractivity contribution in [1.82, 2.24) is 20.2 Å². The summed E-state index contributed by atoms with van der Waals surface area (Å²) in [6.07, 6.45) is 2.14. The fraction of sp³-hybridized carbons (Fsp3) is 0.167. The number of tetrazole rings is 1. The Balaban J connectivity index is 1.81. The average Bonchev–Trinajstić information content (AvgIpc) is 3.06. The molecule has 3 aromatic rings. The number of allylic oxidation sites excluding steroid dienone is 1. The highest BCUT2D eigenvalue weighted by Crippen LogP contribution is 2.32. The van der Waals surface area contributed by atoms with Crippen molar-refractivity contribution >= 4 is 23.2 Å². The van der Waals surface area contributed by atoms with Crippen molar-refractivity contribution in [3.8, 4) is 0 Å². The lowest BCUT2D eigenvalue weighted by Gasteiger charge is -2.23. The zero-order valence-corrected chi connectivity index (χ0v) is 14.1. The second kappa shape index (κ2) is 5.76. The van der Waals surface area contributed by atoms with Crippen LogP contribution in [0.2, 0.25) is 5.02 Å². The van der Waals surface area contributed by atoms with Gasteiger partial charge in [0.25, 0.3) is 0 Å². The van der Waals surface area contributed by atoms with Gasteiger partial charge in [-0.2, -0.15) is 4.68 Å². The van der Waals surface area contributed by atoms with Gasteiger partial charge in [0.1, 0.15) is 6.04 Å². The van der Waals surface area contributed by atoms with Crippen LogP contribution in [0.15, 0.2) is 48.5 Å². The van der Waals surface area contributed by atoms with Crippen molar-refractivity contribution in [2.75, 3.05) is 5.32 Å². The largest absolute Gasteiger partial charge is 0.323 e. The molecule has 0 saturated carbocycles. The summed E-state index contributed by atoms with van der Waals surface area (Å²) in [6.45, 7) is 4.22. The monoisotopic (exact) mass is 337 g/mol. The molecular formula is C18H16ClN5. The maximum Gasteiger partial charge on any atom is 0.248 e. The van der Waals surface area contributed by atoms with Crippen LogP contribution in [0.25, 0.3) is 5.70 Å². The van der Waals surface area contributed by atoms with Gasteiger partial charge < -0.3 is 5.32 Å². The SMILES string of the molecule is Cc1ccc(C2=C[C@H](c3ccc(Cl)cc3)n3nnnc3N2)cc1C. The van der Waals surface area contributed by atoms with E-state index in [1.54, 1.807) is 4.68 Å². The number of aromatic nitrogens is 4. The number of hydrogen-bond donors (Lipinski definition) is 1. The van der Waals surface area contributed by atoms with E-state index in [-0.39, 0.29) is 6.04 Å². The van der Waals surface area contributed by atoms with Crippen LogP contribution in [0.1, 0.15) is 28.3 Å². The highest BCUT2D eigenvalue weighted by Gasteiger charge is 2.24. The molecule has 1 aliphatic rings. The Morgan fingerprint density at radius 3 is 2.58 bits per heavy atom. The molecule has 6 heteroatoms. The van der Waals surface area contributed by atoms with E-state index in [2.05, 4.69) is 59.0 Å². The molecule has 1 N–H and O–H groups in total. The van der Waals surface area contributed by atoms with Gasteiger partial charge >= 0.3 is 0 Å². The van der Waals surface area contributed by atoms with Gasteiger partial charge in [0.15, 0.2) is 0 Å². The fourth-order valence-corrected chi connectivity index (χ4v) is 2.95. The van der Waals surface area contributed by atoms with E-state index >= 15 is 0 Å². The number of nitrogens with one attached hydrogen (secondary N) is 1. The van der Waals surface area contributed by atoms with Crippen molar-refractivity contribution in [2.45, 2.75) is 19.9 Å². The predicted octanol–water partition coefficient (Wildman–Crippen LogP) is 4.00. The molecule has 0 fully saturated rings. The molecule has 0 amide bonds. The van der Waals surface area contributed by atoms with Gasteiger partial charge in [-0.25, -0.2) is 0 Å². The first kappa shape index (κ1) is 14.9. The van der Waals surface area contributed by atoms with Gasteiger partial charge in [-0.1, -0.05) is 41.0 Å². The van der Waals surface area contributed by atoms with Crippen LogP contribution in [0.5, 0.6) is 0 Å². The van der Waals surface area contributed by atoms with Gasteiger partial charge in [-0.3, -0.25) is 0 Å². The molecule has 24 heavy (non-hydrogen) atoms. The summed E-state index contributed by atoms with van der Waals surface area (Å²) in [6, 6.07) is 14.1. The summed E-state index contributed by atoms with van der Waals surface area (Å²) in [7, 11) is 0. The van der Waals surface area contributed by atoms with Crippen LogP contribution < -0.4 is 5.32 Å². The minimum absolute atomic E-state index is 0.0786. The Kier molecular flexibility index (Phi) is 3.58. The van der Waals surface area contributed by atoms with E-state index < -0.39 is 0 Å². The Morgan fingerprint density at radius 1 is 1.04 bits per heavy atom. The quantitative estimate of drug-likeness (QED) is 0.768. The normalized spacial score (nSPS) is 16.3. The number of hydrogen-bond acceptors (Lipinski definition) is 4. The standard InChI is InChI=1S/C18H16ClN5/c1-11-3-4-14(9-12(11)2)16-10-17(13-5-7-15(19)8-6-13)24-18(20-16)21-22-23-24/h3-10,17H,1-2H3,(H,20,21,23)/t17-/m1/s1. The van der Waals surface area contributed by atoms with Crippen molar-refractivity contribution in [3.05, 3.63) is 75.8 Å². The number of fused-ring (bicyclic) bond motifs is 1. The lowest BCUT2D eigenvalue weighted by Crippen LogP contribution is -2.20. The maximum absolute atomic E-state index is 6.01. The van der Waals surface area contributed by atoms with Crippen molar-refractivity contribution in [1.29, 1.82) is 0 Å². The molecule has 2 heterocycles. The van der Waals surface area contributed by atoms with Crippen molar-refractivity contribution in [2.24, 2.45) is 0 Å². The highest BCUT2D eigenvalue weighted by molar-refractivity contribution is 6.30. The minimum atomic E-state index is -0.0786. The van der Waals surface area contributed by atoms with Crippen LogP contribution in [0.4, 0.5) is 5.95 Å². The molecule has 1 atom stereocenters. The third-order valence-corrected chi connectivity index (χ3v) is 4.61. The summed E-state index contributed by atoms with van der Waals surface area (Å²) < 4.78 is 1.77. The third kappa shape index (κ3) is 2.57. The molecular weight excluding hydrogens is 322 g/mol. The smallest absolute Gasteiger partial charge is 0.248 e. The van der Waals surface area contributed by atoms with E-state index in [4.69, 9.17) is 11.6 Å². The molecule has 5 nitrogen and oxygen atoms in total. The molecule has 0 spiro atoms. The molecule has 4 rings (SSSR count). The van der Waals surface area contributed by atoms with Gasteiger partial charge in [-0.15, -0.1) is 0 Å². The lowest BCUT2D eigenvalue weighted by molar-refractivity contribution is 0.586. The summed E-state index contributed by atoms with van der Waals surface area (Å²) in [4.78, 5) is 0. The summed E-state index contributed by atoms with van der Waals surface area (Å²) >= 11 is 6.01. The second-order valence-corrected chi connectivity index (χ2v) is 6.38. The summed E-state index contributed by atoms with van der Waals surface area (Å²) in [5, 5.41) is 16.0. The third-order valence-electron chi connectivity index (χ3n) is 4.36. The number of rotatable bonds is 2. The average molecular weight is 338 g/mol. The number of nitrogens with zero attached hydrogens (tertiary/aromatic N) is 4. The molecule has 0 bridgehead atoms. The Labute approximate surface area is 145 Å². The number of halogens is 1. The molecule has 1 aromatic heterocycles. The van der Waals surface area contributed by atoms with Crippen LogP contribution in [0, 0.1) is 13.8 Å². The lowest BCUT2D eigenvalue weighted by atomic mass is 9.99. The molecule has 0 unspecified atom stereocenters. The van der Waals surface area contributed by atoms with Crippen molar-refractivity contribution in [3.63, 3.8) is 0 Å². The summed E-state index contributed by atoms with van der Waals surface area (Å²) in [5.41, 5.74) is 5.72. The summed E-state index contributed by atoms with van der Waals surface area (Å²) in [5.74, 6) is 0.630. The first-order valence-corrected chi connectivity index (χ1v) is 8.09. The number of anilines is 1. The second-order valence-electron chi connectivity index (χ2n) is 5.95. The van der Waals surface area contributed by atoms with Crippen molar-refractivity contribution < 1.29 is 0 Å². The number of benzene rings is 2. The van der Waals surface area contributed by atoms with Gasteiger partial charge in [-0.05, 0) is 70.8 Å². The molecule has 120 valence electrons. The topological polar surface area (TPSA) is 55.6 Å². The van der Waals surface area contributed by atoms with E-state index in [1.807, 2.05) is 24.3 Å². The molecule has 2 aromatic carbocycles. The molecule has 0 saturated heterocycles. The van der Waals surface area contributed by atoms with E-state index in [0.29, 0.717) is 11.0 Å². The Morgan fingerprint density at radius 2 is 1.83 bits per heavy atom. The molecule has 0 aliphatic carbocycles. The minimum Gasteiger partial charge on any atom is -0.323 e. The van der Waals surface area contributed by atoms with Gasteiger partial charge in [0, 0.05) is 10.7 Å².